The van der Waals surface area contributed by atoms with Crippen LogP contribution < -0.4 is 5.32 Å². The molecule has 0 saturated carbocycles. The maximum absolute atomic E-state index is 11.0. The number of alkyl halides is 1. The molecule has 1 aromatic heterocycles. The lowest BCUT2D eigenvalue weighted by Crippen LogP contribution is -2.26. The second-order valence-corrected chi connectivity index (χ2v) is 4.40. The summed E-state index contributed by atoms with van der Waals surface area (Å²) in [5, 5.41) is 3.16. The fourth-order valence-electron chi connectivity index (χ4n) is 1.57. The summed E-state index contributed by atoms with van der Waals surface area (Å²) in [5.74, 6) is 2.60. The summed E-state index contributed by atoms with van der Waals surface area (Å²) in [6.45, 7) is 0.352. The number of halogens is 2. The minimum atomic E-state index is -0.881. The minimum absolute atomic E-state index is 0.138. The Hall–Kier alpha value is -1.68. The number of nitrogens with zero attached hydrogens (tertiary/aromatic N) is 1. The molecule has 2 rings (SSSR count). The molecule has 1 N–H and O–H groups in total. The van der Waals surface area contributed by atoms with Crippen molar-refractivity contribution in [1.82, 2.24) is 5.32 Å². The molecule has 0 aromatic carbocycles. The number of furan rings is 1. The first kappa shape index (κ1) is 13.7. The van der Waals surface area contributed by atoms with E-state index in [1.54, 1.807) is 24.3 Å². The molecular weight excluding hydrogens is 291 g/mol. The number of hydrogen-bond donors (Lipinski definition) is 1. The number of carbonyl (C=O) groups excluding carboxylic acids is 1. The lowest BCUT2D eigenvalue weighted by Gasteiger charge is -2.20. The van der Waals surface area contributed by atoms with Crippen LogP contribution in [0.25, 0.3) is 0 Å². The third-order valence-corrected chi connectivity index (χ3v) is 3.13. The van der Waals surface area contributed by atoms with Crippen molar-refractivity contribution in [2.75, 3.05) is 7.11 Å². The smallest absolute Gasteiger partial charge is 0.231 e. The van der Waals surface area contributed by atoms with Gasteiger partial charge in [-0.05, 0) is 12.1 Å². The van der Waals surface area contributed by atoms with Gasteiger partial charge in [0.2, 0.25) is 5.90 Å². The van der Waals surface area contributed by atoms with Crippen molar-refractivity contribution in [3.8, 4) is 0 Å². The van der Waals surface area contributed by atoms with Crippen LogP contribution in [0.4, 0.5) is 0 Å². The molecule has 0 aliphatic carbocycles. The van der Waals surface area contributed by atoms with Gasteiger partial charge in [0.15, 0.2) is 5.50 Å². The van der Waals surface area contributed by atoms with Gasteiger partial charge in [-0.1, -0.05) is 23.2 Å². The third kappa shape index (κ3) is 2.84. The number of methoxy groups -OCH3 is 1. The molecule has 0 amide bonds. The topological polar surface area (TPSA) is 63.8 Å². The standard InChI is InChI=1S/C12H10Cl2N2O3/c1-18-12-9(13)10(8(6-17)11(14)16-12)15-5-7-3-2-4-19-7/h2-4,11,15H,5H2,1H3. The molecule has 5 nitrogen and oxygen atoms in total. The predicted molar refractivity (Wildman–Crippen MR) is 71.7 cm³/mol. The maximum atomic E-state index is 11.0. The predicted octanol–water partition coefficient (Wildman–Crippen LogP) is 2.20. The van der Waals surface area contributed by atoms with Gasteiger partial charge in [-0.25, -0.2) is 9.79 Å². The van der Waals surface area contributed by atoms with Crippen molar-refractivity contribution in [2.24, 2.45) is 4.99 Å². The van der Waals surface area contributed by atoms with Crippen LogP contribution in [0.1, 0.15) is 5.76 Å². The molecule has 2 heterocycles. The highest BCUT2D eigenvalue weighted by Gasteiger charge is 2.28. The van der Waals surface area contributed by atoms with Gasteiger partial charge in [0.1, 0.15) is 22.3 Å². The zero-order valence-electron chi connectivity index (χ0n) is 9.94. The first-order valence-electron chi connectivity index (χ1n) is 5.35. The summed E-state index contributed by atoms with van der Waals surface area (Å²) in [7, 11) is 1.42. The highest BCUT2D eigenvalue weighted by molar-refractivity contribution is 6.44. The molecule has 1 aliphatic heterocycles. The molecule has 0 bridgehead atoms. The van der Waals surface area contributed by atoms with E-state index in [0.717, 1.165) is 0 Å². The molecule has 1 unspecified atom stereocenters. The van der Waals surface area contributed by atoms with Crippen LogP contribution >= 0.6 is 23.2 Å². The Morgan fingerprint density at radius 1 is 1.63 bits per heavy atom. The molecule has 1 aromatic rings. The Kier molecular flexibility index (Phi) is 4.32. The second kappa shape index (κ2) is 5.97. The molecule has 0 saturated heterocycles. The highest BCUT2D eigenvalue weighted by atomic mass is 35.5. The zero-order chi connectivity index (χ0) is 13.8. The molecule has 1 aliphatic rings. The molecule has 0 spiro atoms. The number of aliphatic imine (C=N–C) groups is 1. The van der Waals surface area contributed by atoms with Crippen molar-refractivity contribution in [2.45, 2.75) is 12.0 Å². The Balaban J connectivity index is 2.27. The lowest BCUT2D eigenvalue weighted by molar-refractivity contribution is 0.401. The number of nitrogens with one attached hydrogen (secondary N) is 1. The van der Waals surface area contributed by atoms with E-state index in [1.165, 1.54) is 7.11 Å². The van der Waals surface area contributed by atoms with Crippen LogP contribution in [0.5, 0.6) is 0 Å². The number of ether oxygens (including phenoxy) is 1. The third-order valence-electron chi connectivity index (χ3n) is 2.47. The van der Waals surface area contributed by atoms with Crippen molar-refractivity contribution < 1.29 is 13.9 Å². The highest BCUT2D eigenvalue weighted by Crippen LogP contribution is 2.28. The monoisotopic (exact) mass is 300 g/mol. The van der Waals surface area contributed by atoms with Crippen molar-refractivity contribution in [1.29, 1.82) is 0 Å². The largest absolute Gasteiger partial charge is 0.480 e. The fourth-order valence-corrected chi connectivity index (χ4v) is 2.11. The minimum Gasteiger partial charge on any atom is -0.480 e. The van der Waals surface area contributed by atoms with Crippen molar-refractivity contribution in [3.05, 3.63) is 40.5 Å². The van der Waals surface area contributed by atoms with Crippen molar-refractivity contribution >= 4 is 35.0 Å². The number of rotatable bonds is 3. The molecule has 0 radical (unpaired) electrons. The Morgan fingerprint density at radius 2 is 2.42 bits per heavy atom. The van der Waals surface area contributed by atoms with Crippen LogP contribution in [-0.4, -0.2) is 24.4 Å². The molecule has 19 heavy (non-hydrogen) atoms. The van der Waals surface area contributed by atoms with Gasteiger partial charge in [-0.2, -0.15) is 0 Å². The van der Waals surface area contributed by atoms with E-state index >= 15 is 0 Å². The van der Waals surface area contributed by atoms with E-state index in [0.29, 0.717) is 18.0 Å². The van der Waals surface area contributed by atoms with Crippen LogP contribution in [0.3, 0.4) is 0 Å². The molecule has 1 atom stereocenters. The van der Waals surface area contributed by atoms with Crippen LogP contribution in [0.2, 0.25) is 0 Å². The quantitative estimate of drug-likeness (QED) is 0.528. The van der Waals surface area contributed by atoms with Gasteiger partial charge in [-0.15, -0.1) is 0 Å². The summed E-state index contributed by atoms with van der Waals surface area (Å²) < 4.78 is 10.2. The summed E-state index contributed by atoms with van der Waals surface area (Å²) in [4.78, 5) is 14.9. The van der Waals surface area contributed by atoms with Gasteiger partial charge in [0.25, 0.3) is 0 Å². The second-order valence-electron chi connectivity index (χ2n) is 3.61. The molecule has 100 valence electrons. The first-order valence-corrected chi connectivity index (χ1v) is 6.16. The summed E-state index contributed by atoms with van der Waals surface area (Å²) in [5.41, 5.74) is -0.395. The Bertz CT molecular complexity index is 572. The SMILES string of the molecule is COC1=NC(Cl)C(=C=O)C(NCc2ccco2)=C1Cl. The first-order chi connectivity index (χ1) is 9.17. The summed E-state index contributed by atoms with van der Waals surface area (Å²) in [6, 6.07) is 3.55. The Labute approximate surface area is 119 Å². The van der Waals surface area contributed by atoms with E-state index in [2.05, 4.69) is 10.3 Å². The van der Waals surface area contributed by atoms with Gasteiger partial charge >= 0.3 is 0 Å². The average Bonchev–Trinajstić information content (AvgIpc) is 2.92. The maximum Gasteiger partial charge on any atom is 0.231 e. The Morgan fingerprint density at radius 3 is 3.00 bits per heavy atom. The summed E-state index contributed by atoms with van der Waals surface area (Å²) >= 11 is 12.1. The zero-order valence-corrected chi connectivity index (χ0v) is 11.5. The van der Waals surface area contributed by atoms with Crippen LogP contribution in [0.15, 0.2) is 44.1 Å². The normalized spacial score (nSPS) is 19.0. The van der Waals surface area contributed by atoms with E-state index in [1.807, 2.05) is 0 Å². The van der Waals surface area contributed by atoms with Gasteiger partial charge in [0, 0.05) is 0 Å². The lowest BCUT2D eigenvalue weighted by atomic mass is 10.1. The van der Waals surface area contributed by atoms with Gasteiger partial charge in [0.05, 0.1) is 25.6 Å². The van der Waals surface area contributed by atoms with Crippen LogP contribution in [0, 0.1) is 0 Å². The number of dihydropyridines is 1. The molecule has 0 fully saturated rings. The van der Waals surface area contributed by atoms with E-state index in [-0.39, 0.29) is 16.5 Å². The molecule has 7 heteroatoms. The van der Waals surface area contributed by atoms with Crippen LogP contribution in [-0.2, 0) is 16.1 Å². The molecular formula is C12H10Cl2N2O3. The summed E-state index contributed by atoms with van der Waals surface area (Å²) in [6.07, 6.45) is 1.55. The van der Waals surface area contributed by atoms with Crippen molar-refractivity contribution in [3.63, 3.8) is 0 Å². The van der Waals surface area contributed by atoms with E-state index < -0.39 is 5.50 Å². The average molecular weight is 301 g/mol. The fraction of sp³-hybridized carbons (Fsp3) is 0.250. The number of hydrogen-bond acceptors (Lipinski definition) is 5. The van der Waals surface area contributed by atoms with Gasteiger partial charge in [-0.3, -0.25) is 0 Å². The van der Waals surface area contributed by atoms with E-state index in [9.17, 15) is 4.79 Å². The van der Waals surface area contributed by atoms with Gasteiger partial charge < -0.3 is 14.5 Å². The van der Waals surface area contributed by atoms with E-state index in [4.69, 9.17) is 32.4 Å².